The molecule has 2 aromatic carbocycles. The van der Waals surface area contributed by atoms with Gasteiger partial charge in [0.1, 0.15) is 11.6 Å². The van der Waals surface area contributed by atoms with Gasteiger partial charge in [0, 0.05) is 11.3 Å². The molecular formula is C15H15FN2O2. The van der Waals surface area contributed by atoms with E-state index in [0.29, 0.717) is 11.4 Å². The van der Waals surface area contributed by atoms with Crippen molar-refractivity contribution in [1.82, 2.24) is 0 Å². The second-order valence-electron chi connectivity index (χ2n) is 4.27. The summed E-state index contributed by atoms with van der Waals surface area (Å²) < 4.78 is 18.5. The molecule has 2 aromatic rings. The number of nitrogen functional groups attached to an aromatic ring is 1. The van der Waals surface area contributed by atoms with E-state index in [1.807, 2.05) is 18.2 Å². The minimum Gasteiger partial charge on any atom is -0.496 e. The molecule has 104 valence electrons. The topological polar surface area (TPSA) is 64.3 Å². The number of halogens is 1. The Hall–Kier alpha value is -2.56. The number of anilines is 2. The lowest BCUT2D eigenvalue weighted by atomic mass is 10.1. The fraction of sp³-hybridized carbons (Fsp3) is 0.133. The molecule has 0 spiro atoms. The molecule has 20 heavy (non-hydrogen) atoms. The summed E-state index contributed by atoms with van der Waals surface area (Å²) in [7, 11) is 1.55. The highest BCUT2D eigenvalue weighted by Gasteiger charge is 2.09. The van der Waals surface area contributed by atoms with Crippen LogP contribution in [0.4, 0.5) is 15.8 Å². The number of hydrogen-bond donors (Lipinski definition) is 2. The molecule has 0 aromatic heterocycles. The molecule has 0 atom stereocenters. The number of ether oxygens (including phenoxy) is 1. The number of nitrogens with two attached hydrogens (primary N) is 1. The van der Waals surface area contributed by atoms with Gasteiger partial charge in [0.15, 0.2) is 0 Å². The number of hydrogen-bond acceptors (Lipinski definition) is 3. The van der Waals surface area contributed by atoms with Crippen LogP contribution in [0.5, 0.6) is 5.75 Å². The van der Waals surface area contributed by atoms with Crippen molar-refractivity contribution in [3.63, 3.8) is 0 Å². The summed E-state index contributed by atoms with van der Waals surface area (Å²) in [5.74, 6) is -0.162. The maximum atomic E-state index is 13.3. The van der Waals surface area contributed by atoms with Gasteiger partial charge in [0.25, 0.3) is 0 Å². The summed E-state index contributed by atoms with van der Waals surface area (Å²) in [6.07, 6.45) is 0.149. The number of nitrogens with one attached hydrogen (secondary N) is 1. The summed E-state index contributed by atoms with van der Waals surface area (Å²) in [4.78, 5) is 11.9. The van der Waals surface area contributed by atoms with E-state index in [0.717, 1.165) is 5.56 Å². The number of carbonyl (C=O) groups is 1. The number of para-hydroxylation sites is 1. The summed E-state index contributed by atoms with van der Waals surface area (Å²) in [6, 6.07) is 11.4. The molecule has 5 heteroatoms. The fourth-order valence-electron chi connectivity index (χ4n) is 1.83. The highest BCUT2D eigenvalue weighted by atomic mass is 19.1. The monoisotopic (exact) mass is 274 g/mol. The third-order valence-corrected chi connectivity index (χ3v) is 2.83. The van der Waals surface area contributed by atoms with Crippen molar-refractivity contribution in [1.29, 1.82) is 0 Å². The van der Waals surface area contributed by atoms with Crippen LogP contribution in [0.15, 0.2) is 42.5 Å². The maximum Gasteiger partial charge on any atom is 0.228 e. The average molecular weight is 274 g/mol. The normalized spacial score (nSPS) is 10.1. The van der Waals surface area contributed by atoms with E-state index >= 15 is 0 Å². The number of amides is 1. The van der Waals surface area contributed by atoms with E-state index in [1.54, 1.807) is 19.2 Å². The Bertz CT molecular complexity index is 629. The molecular weight excluding hydrogens is 259 g/mol. The van der Waals surface area contributed by atoms with E-state index < -0.39 is 5.82 Å². The molecule has 4 nitrogen and oxygen atoms in total. The standard InChI is InChI=1S/C15H15FN2O2/c1-20-14-5-3-2-4-10(14)8-15(19)18-11-6-7-13(17)12(16)9-11/h2-7,9H,8,17H2,1H3,(H,18,19). The van der Waals surface area contributed by atoms with Crippen molar-refractivity contribution in [3.8, 4) is 5.75 Å². The van der Waals surface area contributed by atoms with Crippen LogP contribution in [0.3, 0.4) is 0 Å². The van der Waals surface area contributed by atoms with Crippen molar-refractivity contribution in [3.05, 3.63) is 53.8 Å². The summed E-state index contributed by atoms with van der Waals surface area (Å²) in [5.41, 5.74) is 6.56. The lowest BCUT2D eigenvalue weighted by Crippen LogP contribution is -2.15. The first kappa shape index (κ1) is 13.9. The smallest absolute Gasteiger partial charge is 0.228 e. The Morgan fingerprint density at radius 3 is 2.75 bits per heavy atom. The summed E-state index contributed by atoms with van der Waals surface area (Å²) >= 11 is 0. The largest absolute Gasteiger partial charge is 0.496 e. The van der Waals surface area contributed by atoms with Gasteiger partial charge in [0.05, 0.1) is 19.2 Å². The van der Waals surface area contributed by atoms with Gasteiger partial charge in [-0.1, -0.05) is 18.2 Å². The van der Waals surface area contributed by atoms with Gasteiger partial charge in [0.2, 0.25) is 5.91 Å². The quantitative estimate of drug-likeness (QED) is 0.842. The predicted octanol–water partition coefficient (Wildman–Crippen LogP) is 2.60. The fourth-order valence-corrected chi connectivity index (χ4v) is 1.83. The second kappa shape index (κ2) is 6.06. The van der Waals surface area contributed by atoms with Gasteiger partial charge in [-0.2, -0.15) is 0 Å². The lowest BCUT2D eigenvalue weighted by molar-refractivity contribution is -0.115. The number of benzene rings is 2. The van der Waals surface area contributed by atoms with Gasteiger partial charge >= 0.3 is 0 Å². The van der Waals surface area contributed by atoms with E-state index in [-0.39, 0.29) is 18.0 Å². The van der Waals surface area contributed by atoms with Crippen LogP contribution in [0, 0.1) is 5.82 Å². The van der Waals surface area contributed by atoms with Crippen molar-refractivity contribution in [2.45, 2.75) is 6.42 Å². The van der Waals surface area contributed by atoms with Crippen molar-refractivity contribution >= 4 is 17.3 Å². The van der Waals surface area contributed by atoms with Crippen LogP contribution in [0.2, 0.25) is 0 Å². The Balaban J connectivity index is 2.07. The van der Waals surface area contributed by atoms with E-state index in [2.05, 4.69) is 5.32 Å². The van der Waals surface area contributed by atoms with Crippen LogP contribution >= 0.6 is 0 Å². The molecule has 2 rings (SSSR count). The lowest BCUT2D eigenvalue weighted by Gasteiger charge is -2.09. The van der Waals surface area contributed by atoms with Crippen molar-refractivity contribution in [2.24, 2.45) is 0 Å². The molecule has 0 aliphatic heterocycles. The van der Waals surface area contributed by atoms with Crippen molar-refractivity contribution < 1.29 is 13.9 Å². The van der Waals surface area contributed by atoms with E-state index in [4.69, 9.17) is 10.5 Å². The van der Waals surface area contributed by atoms with Crippen LogP contribution in [0.25, 0.3) is 0 Å². The molecule has 0 saturated carbocycles. The van der Waals surface area contributed by atoms with Crippen LogP contribution in [0.1, 0.15) is 5.56 Å². The number of carbonyl (C=O) groups excluding carboxylic acids is 1. The number of methoxy groups -OCH3 is 1. The van der Waals surface area contributed by atoms with Gasteiger partial charge in [-0.05, 0) is 24.3 Å². The predicted molar refractivity (Wildman–Crippen MR) is 76.1 cm³/mol. The van der Waals surface area contributed by atoms with Gasteiger partial charge in [-0.3, -0.25) is 4.79 Å². The van der Waals surface area contributed by atoms with Crippen molar-refractivity contribution in [2.75, 3.05) is 18.2 Å². The third kappa shape index (κ3) is 3.26. The maximum absolute atomic E-state index is 13.3. The average Bonchev–Trinajstić information content (AvgIpc) is 2.43. The van der Waals surface area contributed by atoms with Crippen LogP contribution in [-0.2, 0) is 11.2 Å². The first-order valence-corrected chi connectivity index (χ1v) is 6.07. The minimum absolute atomic E-state index is 0.0488. The number of rotatable bonds is 4. The van der Waals surface area contributed by atoms with E-state index in [9.17, 15) is 9.18 Å². The van der Waals surface area contributed by atoms with Crippen LogP contribution in [-0.4, -0.2) is 13.0 Å². The molecule has 0 saturated heterocycles. The molecule has 0 radical (unpaired) electrons. The van der Waals surface area contributed by atoms with E-state index in [1.165, 1.54) is 12.1 Å². The molecule has 0 aliphatic rings. The molecule has 3 N–H and O–H groups in total. The molecule has 0 unspecified atom stereocenters. The first-order valence-electron chi connectivity index (χ1n) is 6.07. The molecule has 0 fully saturated rings. The highest BCUT2D eigenvalue weighted by molar-refractivity contribution is 5.92. The van der Waals surface area contributed by atoms with Gasteiger partial charge in [-0.25, -0.2) is 4.39 Å². The molecule has 0 bridgehead atoms. The summed E-state index contributed by atoms with van der Waals surface area (Å²) in [6.45, 7) is 0. The first-order chi connectivity index (χ1) is 9.60. The Morgan fingerprint density at radius 1 is 1.30 bits per heavy atom. The Kier molecular flexibility index (Phi) is 4.20. The zero-order chi connectivity index (χ0) is 14.5. The third-order valence-electron chi connectivity index (χ3n) is 2.83. The molecule has 1 amide bonds. The highest BCUT2D eigenvalue weighted by Crippen LogP contribution is 2.19. The second-order valence-corrected chi connectivity index (χ2v) is 4.27. The zero-order valence-corrected chi connectivity index (χ0v) is 11.0. The summed E-state index contributed by atoms with van der Waals surface area (Å²) in [5, 5.41) is 2.62. The van der Waals surface area contributed by atoms with Gasteiger partial charge < -0.3 is 15.8 Å². The zero-order valence-electron chi connectivity index (χ0n) is 11.0. The molecule has 0 aliphatic carbocycles. The Labute approximate surface area is 116 Å². The molecule has 0 heterocycles. The van der Waals surface area contributed by atoms with Crippen LogP contribution < -0.4 is 15.8 Å². The van der Waals surface area contributed by atoms with Gasteiger partial charge in [-0.15, -0.1) is 0 Å². The SMILES string of the molecule is COc1ccccc1CC(=O)Nc1ccc(N)c(F)c1. The minimum atomic E-state index is -0.555. The Morgan fingerprint density at radius 2 is 2.05 bits per heavy atom.